The third-order valence-corrected chi connectivity index (χ3v) is 4.64. The van der Waals surface area contributed by atoms with Gasteiger partial charge in [0.1, 0.15) is 5.75 Å². The molecule has 3 rings (SSSR count). The van der Waals surface area contributed by atoms with Crippen molar-refractivity contribution in [1.82, 2.24) is 15.1 Å². The Hall–Kier alpha value is -3.81. The highest BCUT2D eigenvalue weighted by Gasteiger charge is 2.09. The minimum Gasteiger partial charge on any atom is -0.493 e. The Morgan fingerprint density at radius 1 is 1.00 bits per heavy atom. The van der Waals surface area contributed by atoms with E-state index in [-0.39, 0.29) is 31.2 Å². The Morgan fingerprint density at radius 3 is 2.52 bits per heavy atom. The van der Waals surface area contributed by atoms with Gasteiger partial charge in [-0.2, -0.15) is 5.10 Å². The van der Waals surface area contributed by atoms with E-state index in [1.165, 1.54) is 10.7 Å². The first kappa shape index (κ1) is 21.9. The van der Waals surface area contributed by atoms with Crippen LogP contribution in [0.15, 0.2) is 59.4 Å². The Labute approximate surface area is 180 Å². The van der Waals surface area contributed by atoms with Gasteiger partial charge in [0.2, 0.25) is 0 Å². The van der Waals surface area contributed by atoms with Gasteiger partial charge < -0.3 is 19.5 Å². The molecular formula is C23H25N3O5. The molecule has 1 N–H and O–H groups in total. The molecule has 1 heterocycles. The molecule has 0 saturated carbocycles. The fourth-order valence-electron chi connectivity index (χ4n) is 2.97. The van der Waals surface area contributed by atoms with Crippen LogP contribution >= 0.6 is 0 Å². The summed E-state index contributed by atoms with van der Waals surface area (Å²) in [5.41, 5.74) is 2.09. The van der Waals surface area contributed by atoms with E-state index in [1.54, 1.807) is 32.4 Å². The van der Waals surface area contributed by atoms with Crippen molar-refractivity contribution in [2.45, 2.75) is 13.5 Å². The van der Waals surface area contributed by atoms with Crippen LogP contribution in [0.5, 0.6) is 17.2 Å². The number of hydrogen-bond donors (Lipinski definition) is 1. The molecule has 0 radical (unpaired) electrons. The normalized spacial score (nSPS) is 10.4. The summed E-state index contributed by atoms with van der Waals surface area (Å²) < 4.78 is 17.4. The Bertz CT molecular complexity index is 1110. The predicted molar refractivity (Wildman–Crippen MR) is 117 cm³/mol. The van der Waals surface area contributed by atoms with Crippen molar-refractivity contribution in [1.29, 1.82) is 0 Å². The van der Waals surface area contributed by atoms with E-state index in [9.17, 15) is 9.59 Å². The molecule has 0 saturated heterocycles. The number of carbonyl (C=O) groups is 1. The maximum Gasteiger partial charge on any atom is 0.266 e. The highest BCUT2D eigenvalue weighted by Crippen LogP contribution is 2.31. The number of methoxy groups -OCH3 is 2. The maximum atomic E-state index is 12.2. The SMILES string of the molecule is COc1ccc(-c2ccc(=O)n(CCNC(=O)COc3ccccc3C)n2)cc1OC. The largest absolute Gasteiger partial charge is 0.493 e. The Balaban J connectivity index is 1.60. The Morgan fingerprint density at radius 2 is 1.77 bits per heavy atom. The minimum atomic E-state index is -0.271. The van der Waals surface area contributed by atoms with Crippen molar-refractivity contribution in [3.05, 3.63) is 70.5 Å². The second-order valence-corrected chi connectivity index (χ2v) is 6.75. The van der Waals surface area contributed by atoms with E-state index in [2.05, 4.69) is 10.4 Å². The molecule has 0 atom stereocenters. The number of carbonyl (C=O) groups excluding carboxylic acids is 1. The lowest BCUT2D eigenvalue weighted by Gasteiger charge is -2.11. The van der Waals surface area contributed by atoms with Crippen LogP contribution in [0.25, 0.3) is 11.3 Å². The molecule has 2 aromatic carbocycles. The number of rotatable bonds is 9. The van der Waals surface area contributed by atoms with Crippen LogP contribution < -0.4 is 25.1 Å². The first-order chi connectivity index (χ1) is 15.0. The lowest BCUT2D eigenvalue weighted by Crippen LogP contribution is -2.34. The smallest absolute Gasteiger partial charge is 0.266 e. The number of ether oxygens (including phenoxy) is 3. The van der Waals surface area contributed by atoms with Crippen LogP contribution in [-0.4, -0.2) is 43.1 Å². The Kier molecular flexibility index (Phi) is 7.26. The third-order valence-electron chi connectivity index (χ3n) is 4.64. The number of aromatic nitrogens is 2. The van der Waals surface area contributed by atoms with Crippen LogP contribution in [0, 0.1) is 6.92 Å². The molecule has 0 fully saturated rings. The van der Waals surface area contributed by atoms with Gasteiger partial charge in [0, 0.05) is 18.2 Å². The van der Waals surface area contributed by atoms with Crippen LogP contribution in [0.2, 0.25) is 0 Å². The van der Waals surface area contributed by atoms with Crippen LogP contribution in [0.1, 0.15) is 5.56 Å². The van der Waals surface area contributed by atoms with E-state index in [0.29, 0.717) is 22.9 Å². The summed E-state index contributed by atoms with van der Waals surface area (Å²) in [6, 6.07) is 16.0. The molecule has 0 unspecified atom stereocenters. The van der Waals surface area contributed by atoms with E-state index < -0.39 is 0 Å². The van der Waals surface area contributed by atoms with Crippen molar-refractivity contribution in [2.75, 3.05) is 27.4 Å². The third kappa shape index (κ3) is 5.63. The summed E-state index contributed by atoms with van der Waals surface area (Å²) in [5, 5.41) is 7.14. The number of nitrogens with one attached hydrogen (secondary N) is 1. The van der Waals surface area contributed by atoms with Crippen molar-refractivity contribution >= 4 is 5.91 Å². The standard InChI is InChI=1S/C23H25N3O5/c1-16-6-4-5-7-19(16)31-15-22(27)24-12-13-26-23(28)11-9-18(25-26)17-8-10-20(29-2)21(14-17)30-3/h4-11,14H,12-13,15H2,1-3H3,(H,24,27). The molecular weight excluding hydrogens is 398 g/mol. The molecule has 1 aromatic heterocycles. The van der Waals surface area contributed by atoms with Gasteiger partial charge in [0.25, 0.3) is 11.5 Å². The fourth-order valence-corrected chi connectivity index (χ4v) is 2.97. The summed E-state index contributed by atoms with van der Waals surface area (Å²) in [7, 11) is 3.12. The van der Waals surface area contributed by atoms with Gasteiger partial charge in [-0.15, -0.1) is 0 Å². The number of benzene rings is 2. The van der Waals surface area contributed by atoms with Crippen molar-refractivity contribution in [3.8, 4) is 28.5 Å². The predicted octanol–water partition coefficient (Wildman–Crippen LogP) is 2.43. The monoisotopic (exact) mass is 423 g/mol. The molecule has 1 amide bonds. The lowest BCUT2D eigenvalue weighted by molar-refractivity contribution is -0.123. The van der Waals surface area contributed by atoms with Crippen molar-refractivity contribution < 1.29 is 19.0 Å². The average molecular weight is 423 g/mol. The zero-order valence-corrected chi connectivity index (χ0v) is 17.8. The summed E-state index contributed by atoms with van der Waals surface area (Å²) in [5.74, 6) is 1.57. The van der Waals surface area contributed by atoms with Gasteiger partial charge >= 0.3 is 0 Å². The van der Waals surface area contributed by atoms with Crippen molar-refractivity contribution in [3.63, 3.8) is 0 Å². The molecule has 0 spiro atoms. The first-order valence-corrected chi connectivity index (χ1v) is 9.77. The summed E-state index contributed by atoms with van der Waals surface area (Å²) in [4.78, 5) is 24.2. The molecule has 0 aliphatic rings. The number of hydrogen-bond acceptors (Lipinski definition) is 6. The molecule has 0 aliphatic heterocycles. The lowest BCUT2D eigenvalue weighted by atomic mass is 10.1. The molecule has 3 aromatic rings. The second kappa shape index (κ2) is 10.3. The van der Waals surface area contributed by atoms with Gasteiger partial charge in [0.15, 0.2) is 18.1 Å². The summed E-state index contributed by atoms with van der Waals surface area (Å²) in [6.07, 6.45) is 0. The van der Waals surface area contributed by atoms with E-state index in [4.69, 9.17) is 14.2 Å². The number of aryl methyl sites for hydroxylation is 1. The molecule has 31 heavy (non-hydrogen) atoms. The maximum absolute atomic E-state index is 12.2. The quantitative estimate of drug-likeness (QED) is 0.568. The van der Waals surface area contributed by atoms with E-state index in [0.717, 1.165) is 11.1 Å². The minimum absolute atomic E-state index is 0.0983. The molecule has 0 bridgehead atoms. The molecule has 0 aliphatic carbocycles. The molecule has 8 nitrogen and oxygen atoms in total. The van der Waals surface area contributed by atoms with Gasteiger partial charge in [-0.3, -0.25) is 9.59 Å². The highest BCUT2D eigenvalue weighted by molar-refractivity contribution is 5.77. The zero-order chi connectivity index (χ0) is 22.2. The van der Waals surface area contributed by atoms with Crippen LogP contribution in [0.4, 0.5) is 0 Å². The zero-order valence-electron chi connectivity index (χ0n) is 17.8. The first-order valence-electron chi connectivity index (χ1n) is 9.77. The van der Waals surface area contributed by atoms with Crippen LogP contribution in [0.3, 0.4) is 0 Å². The average Bonchev–Trinajstić information content (AvgIpc) is 2.79. The number of nitrogens with zero attached hydrogens (tertiary/aromatic N) is 2. The van der Waals surface area contributed by atoms with Gasteiger partial charge in [-0.1, -0.05) is 18.2 Å². The molecule has 8 heteroatoms. The second-order valence-electron chi connectivity index (χ2n) is 6.75. The summed E-state index contributed by atoms with van der Waals surface area (Å²) >= 11 is 0. The topological polar surface area (TPSA) is 91.7 Å². The number of para-hydroxylation sites is 1. The van der Waals surface area contributed by atoms with Gasteiger partial charge in [0.05, 0.1) is 26.5 Å². The van der Waals surface area contributed by atoms with Crippen LogP contribution in [-0.2, 0) is 11.3 Å². The fraction of sp³-hybridized carbons (Fsp3) is 0.261. The highest BCUT2D eigenvalue weighted by atomic mass is 16.5. The number of amides is 1. The van der Waals surface area contributed by atoms with Gasteiger partial charge in [-0.05, 0) is 42.8 Å². The molecule has 162 valence electrons. The van der Waals surface area contributed by atoms with Gasteiger partial charge in [-0.25, -0.2) is 4.68 Å². The van der Waals surface area contributed by atoms with E-state index in [1.807, 2.05) is 37.3 Å². The summed E-state index contributed by atoms with van der Waals surface area (Å²) in [6.45, 7) is 2.30. The van der Waals surface area contributed by atoms with E-state index >= 15 is 0 Å². The van der Waals surface area contributed by atoms with Crippen molar-refractivity contribution in [2.24, 2.45) is 0 Å².